The van der Waals surface area contributed by atoms with E-state index in [0.29, 0.717) is 18.8 Å². The average molecular weight is 336 g/mol. The van der Waals surface area contributed by atoms with Gasteiger partial charge in [0.25, 0.3) is 5.91 Å². The van der Waals surface area contributed by atoms with Crippen molar-refractivity contribution in [2.45, 2.75) is 6.42 Å². The predicted molar refractivity (Wildman–Crippen MR) is 97.2 cm³/mol. The van der Waals surface area contributed by atoms with Crippen molar-refractivity contribution in [3.8, 4) is 11.5 Å². The fraction of sp³-hybridized carbons (Fsp3) is 0.200. The van der Waals surface area contributed by atoms with Crippen molar-refractivity contribution in [3.05, 3.63) is 66.4 Å². The maximum absolute atomic E-state index is 12.2. The van der Waals surface area contributed by atoms with Crippen molar-refractivity contribution in [1.82, 2.24) is 10.3 Å². The molecule has 0 aliphatic rings. The number of hydrogen-bond acceptors (Lipinski definition) is 4. The summed E-state index contributed by atoms with van der Waals surface area (Å²) in [5, 5.41) is 3.80. The first-order chi connectivity index (χ1) is 12.3. The van der Waals surface area contributed by atoms with Gasteiger partial charge >= 0.3 is 0 Å². The number of pyridine rings is 1. The van der Waals surface area contributed by atoms with E-state index in [2.05, 4.69) is 10.3 Å². The van der Waals surface area contributed by atoms with E-state index < -0.39 is 0 Å². The second kappa shape index (κ2) is 8.15. The summed E-state index contributed by atoms with van der Waals surface area (Å²) in [7, 11) is 1.62. The highest BCUT2D eigenvalue weighted by molar-refractivity contribution is 5.95. The number of aromatic nitrogens is 1. The molecule has 0 spiro atoms. The Morgan fingerprint density at radius 2 is 1.88 bits per heavy atom. The van der Waals surface area contributed by atoms with Crippen LogP contribution >= 0.6 is 0 Å². The molecule has 1 aromatic heterocycles. The SMILES string of the molecule is COc1ccc2nc(C(=O)NCCCOc3ccccc3)ccc2c1. The number of methoxy groups -OCH3 is 1. The molecule has 0 saturated carbocycles. The minimum Gasteiger partial charge on any atom is -0.497 e. The minimum atomic E-state index is -0.183. The van der Waals surface area contributed by atoms with Crippen molar-refractivity contribution in [2.75, 3.05) is 20.3 Å². The lowest BCUT2D eigenvalue weighted by atomic mass is 10.2. The van der Waals surface area contributed by atoms with E-state index in [1.165, 1.54) is 0 Å². The summed E-state index contributed by atoms with van der Waals surface area (Å²) in [6.07, 6.45) is 0.728. The van der Waals surface area contributed by atoms with E-state index in [1.54, 1.807) is 13.2 Å². The van der Waals surface area contributed by atoms with E-state index in [4.69, 9.17) is 9.47 Å². The summed E-state index contributed by atoms with van der Waals surface area (Å²) < 4.78 is 10.8. The highest BCUT2D eigenvalue weighted by atomic mass is 16.5. The Kier molecular flexibility index (Phi) is 5.46. The molecule has 2 aromatic carbocycles. The average Bonchev–Trinajstić information content (AvgIpc) is 2.67. The van der Waals surface area contributed by atoms with Crippen LogP contribution in [0.15, 0.2) is 60.7 Å². The van der Waals surface area contributed by atoms with Gasteiger partial charge in [-0.3, -0.25) is 4.79 Å². The van der Waals surface area contributed by atoms with E-state index in [-0.39, 0.29) is 5.91 Å². The summed E-state index contributed by atoms with van der Waals surface area (Å²) >= 11 is 0. The highest BCUT2D eigenvalue weighted by Gasteiger charge is 2.08. The Morgan fingerprint density at radius 3 is 2.68 bits per heavy atom. The van der Waals surface area contributed by atoms with Gasteiger partial charge in [0, 0.05) is 11.9 Å². The van der Waals surface area contributed by atoms with Gasteiger partial charge in [0.1, 0.15) is 17.2 Å². The Bertz CT molecular complexity index is 850. The minimum absolute atomic E-state index is 0.183. The maximum atomic E-state index is 12.2. The molecule has 1 heterocycles. The number of hydrogen-bond donors (Lipinski definition) is 1. The lowest BCUT2D eigenvalue weighted by Crippen LogP contribution is -2.26. The molecule has 3 aromatic rings. The number of carbonyl (C=O) groups is 1. The lowest BCUT2D eigenvalue weighted by Gasteiger charge is -2.08. The van der Waals surface area contributed by atoms with E-state index >= 15 is 0 Å². The first kappa shape index (κ1) is 16.8. The van der Waals surface area contributed by atoms with Crippen LogP contribution in [-0.2, 0) is 0 Å². The number of amides is 1. The normalized spacial score (nSPS) is 10.4. The van der Waals surface area contributed by atoms with Crippen molar-refractivity contribution in [2.24, 2.45) is 0 Å². The second-order valence-electron chi connectivity index (χ2n) is 5.53. The summed E-state index contributed by atoms with van der Waals surface area (Å²) in [4.78, 5) is 16.6. The summed E-state index contributed by atoms with van der Waals surface area (Å²) in [5.74, 6) is 1.42. The standard InChI is InChI=1S/C20H20N2O3/c1-24-17-9-11-18-15(14-17)8-10-19(22-18)20(23)21-12-5-13-25-16-6-3-2-4-7-16/h2-4,6-11,14H,5,12-13H2,1H3,(H,21,23). The number of nitrogens with zero attached hydrogens (tertiary/aromatic N) is 1. The van der Waals surface area contributed by atoms with Gasteiger partial charge in [-0.1, -0.05) is 24.3 Å². The van der Waals surface area contributed by atoms with E-state index in [0.717, 1.165) is 28.8 Å². The molecule has 5 nitrogen and oxygen atoms in total. The molecule has 0 aliphatic heterocycles. The van der Waals surface area contributed by atoms with Crippen LogP contribution in [0.2, 0.25) is 0 Å². The van der Waals surface area contributed by atoms with Gasteiger partial charge in [-0.2, -0.15) is 0 Å². The number of carbonyl (C=O) groups excluding carboxylic acids is 1. The lowest BCUT2D eigenvalue weighted by molar-refractivity contribution is 0.0947. The third kappa shape index (κ3) is 4.47. The molecule has 3 rings (SSSR count). The summed E-state index contributed by atoms with van der Waals surface area (Å²) in [6.45, 7) is 1.09. The predicted octanol–water partition coefficient (Wildman–Crippen LogP) is 3.44. The Balaban J connectivity index is 1.50. The van der Waals surface area contributed by atoms with Gasteiger partial charge in [-0.15, -0.1) is 0 Å². The van der Waals surface area contributed by atoms with Crippen LogP contribution in [0.4, 0.5) is 0 Å². The fourth-order valence-corrected chi connectivity index (χ4v) is 2.43. The molecule has 0 saturated heterocycles. The Labute approximate surface area is 146 Å². The van der Waals surface area contributed by atoms with Crippen LogP contribution in [0.5, 0.6) is 11.5 Å². The maximum Gasteiger partial charge on any atom is 0.269 e. The Morgan fingerprint density at radius 1 is 1.04 bits per heavy atom. The van der Waals surface area contributed by atoms with Gasteiger partial charge in [0.2, 0.25) is 0 Å². The van der Waals surface area contributed by atoms with Crippen molar-refractivity contribution >= 4 is 16.8 Å². The molecule has 128 valence electrons. The molecule has 1 N–H and O–H groups in total. The van der Waals surface area contributed by atoms with Crippen LogP contribution in [0, 0.1) is 0 Å². The molecule has 0 radical (unpaired) electrons. The van der Waals surface area contributed by atoms with Gasteiger partial charge in [-0.25, -0.2) is 4.98 Å². The number of para-hydroxylation sites is 1. The molecule has 0 aliphatic carbocycles. The largest absolute Gasteiger partial charge is 0.497 e. The second-order valence-corrected chi connectivity index (χ2v) is 5.53. The third-order valence-corrected chi connectivity index (χ3v) is 3.75. The monoisotopic (exact) mass is 336 g/mol. The van der Waals surface area contributed by atoms with Crippen molar-refractivity contribution in [3.63, 3.8) is 0 Å². The molecule has 1 amide bonds. The first-order valence-corrected chi connectivity index (χ1v) is 8.17. The molecule has 0 unspecified atom stereocenters. The van der Waals surface area contributed by atoms with Crippen LogP contribution in [0.3, 0.4) is 0 Å². The zero-order valence-corrected chi connectivity index (χ0v) is 14.1. The van der Waals surface area contributed by atoms with Crippen LogP contribution in [-0.4, -0.2) is 31.2 Å². The highest BCUT2D eigenvalue weighted by Crippen LogP contribution is 2.19. The Hall–Kier alpha value is -3.08. The molecule has 25 heavy (non-hydrogen) atoms. The van der Waals surface area contributed by atoms with Gasteiger partial charge in [0.05, 0.1) is 19.2 Å². The number of ether oxygens (including phenoxy) is 2. The zero-order chi connectivity index (χ0) is 17.5. The third-order valence-electron chi connectivity index (χ3n) is 3.75. The number of rotatable bonds is 7. The number of nitrogens with one attached hydrogen (secondary N) is 1. The van der Waals surface area contributed by atoms with Crippen LogP contribution in [0.25, 0.3) is 10.9 Å². The van der Waals surface area contributed by atoms with Crippen molar-refractivity contribution in [1.29, 1.82) is 0 Å². The molecular formula is C20H20N2O3. The van der Waals surface area contributed by atoms with E-state index in [1.807, 2.05) is 54.6 Å². The summed E-state index contributed by atoms with van der Waals surface area (Å²) in [6, 6.07) is 18.8. The fourth-order valence-electron chi connectivity index (χ4n) is 2.43. The van der Waals surface area contributed by atoms with Gasteiger partial charge in [0.15, 0.2) is 0 Å². The van der Waals surface area contributed by atoms with E-state index in [9.17, 15) is 4.79 Å². The number of benzene rings is 2. The molecule has 0 fully saturated rings. The first-order valence-electron chi connectivity index (χ1n) is 8.17. The molecule has 0 bridgehead atoms. The van der Waals surface area contributed by atoms with Crippen LogP contribution in [0.1, 0.15) is 16.9 Å². The molecule has 5 heteroatoms. The van der Waals surface area contributed by atoms with Gasteiger partial charge < -0.3 is 14.8 Å². The topological polar surface area (TPSA) is 60.5 Å². The zero-order valence-electron chi connectivity index (χ0n) is 14.1. The number of fused-ring (bicyclic) bond motifs is 1. The molecule has 0 atom stereocenters. The quantitative estimate of drug-likeness (QED) is 0.672. The molecular weight excluding hydrogens is 316 g/mol. The summed E-state index contributed by atoms with van der Waals surface area (Å²) in [5.41, 5.74) is 1.17. The smallest absolute Gasteiger partial charge is 0.269 e. The van der Waals surface area contributed by atoms with Crippen LogP contribution < -0.4 is 14.8 Å². The van der Waals surface area contributed by atoms with Crippen molar-refractivity contribution < 1.29 is 14.3 Å². The van der Waals surface area contributed by atoms with Gasteiger partial charge in [-0.05, 0) is 42.8 Å².